The van der Waals surface area contributed by atoms with Gasteiger partial charge in [-0.05, 0) is 42.5 Å². The summed E-state index contributed by atoms with van der Waals surface area (Å²) in [5.41, 5.74) is 1.60. The highest BCUT2D eigenvalue weighted by Gasteiger charge is 2.13. The van der Waals surface area contributed by atoms with Crippen molar-refractivity contribution in [2.24, 2.45) is 0 Å². The summed E-state index contributed by atoms with van der Waals surface area (Å²) in [6, 6.07) is 15.3. The van der Waals surface area contributed by atoms with Crippen molar-refractivity contribution in [3.63, 3.8) is 0 Å². The Balaban J connectivity index is 1.73. The second kappa shape index (κ2) is 8.33. The molecule has 0 saturated heterocycles. The van der Waals surface area contributed by atoms with Crippen molar-refractivity contribution < 1.29 is 14.3 Å². The Morgan fingerprint density at radius 1 is 0.926 bits per heavy atom. The van der Waals surface area contributed by atoms with Crippen LogP contribution in [0.3, 0.4) is 0 Å². The van der Waals surface area contributed by atoms with E-state index in [0.29, 0.717) is 22.1 Å². The Labute approximate surface area is 161 Å². The van der Waals surface area contributed by atoms with E-state index < -0.39 is 5.91 Å². The van der Waals surface area contributed by atoms with E-state index in [2.05, 4.69) is 15.6 Å². The molecule has 3 aromatic rings. The van der Waals surface area contributed by atoms with E-state index in [-0.39, 0.29) is 17.0 Å². The standard InChI is InChI=1S/C20H16ClN3O3/c1-27-16-8-6-15(7-9-16)23-19(25)13-10-14(12-22-11-13)20(26)24-18-5-3-2-4-17(18)21/h2-12H,1H3,(H,23,25)(H,24,26). The number of anilines is 2. The Morgan fingerprint density at radius 2 is 1.56 bits per heavy atom. The molecule has 0 aliphatic rings. The predicted octanol–water partition coefficient (Wildman–Crippen LogP) is 4.25. The number of rotatable bonds is 5. The topological polar surface area (TPSA) is 80.3 Å². The lowest BCUT2D eigenvalue weighted by Gasteiger charge is -2.09. The summed E-state index contributed by atoms with van der Waals surface area (Å²) in [5, 5.41) is 5.87. The molecule has 0 fully saturated rings. The molecule has 136 valence electrons. The number of nitrogens with zero attached hydrogens (tertiary/aromatic N) is 1. The van der Waals surface area contributed by atoms with E-state index >= 15 is 0 Å². The lowest BCUT2D eigenvalue weighted by molar-refractivity contribution is 0.102. The third-order valence-corrected chi connectivity index (χ3v) is 4.06. The van der Waals surface area contributed by atoms with Crippen molar-refractivity contribution in [1.29, 1.82) is 0 Å². The number of halogens is 1. The van der Waals surface area contributed by atoms with Crippen molar-refractivity contribution in [3.05, 3.63) is 83.1 Å². The molecule has 6 nitrogen and oxygen atoms in total. The maximum atomic E-state index is 12.4. The van der Waals surface area contributed by atoms with E-state index in [9.17, 15) is 9.59 Å². The number of aromatic nitrogens is 1. The van der Waals surface area contributed by atoms with Crippen LogP contribution in [-0.4, -0.2) is 23.9 Å². The molecule has 2 aromatic carbocycles. The maximum absolute atomic E-state index is 12.4. The van der Waals surface area contributed by atoms with Gasteiger partial charge in [-0.15, -0.1) is 0 Å². The normalized spacial score (nSPS) is 10.1. The van der Waals surface area contributed by atoms with E-state index in [1.165, 1.54) is 18.5 Å². The molecule has 0 atom stereocenters. The average molecular weight is 382 g/mol. The average Bonchev–Trinajstić information content (AvgIpc) is 2.70. The van der Waals surface area contributed by atoms with Gasteiger partial charge in [0.15, 0.2) is 0 Å². The van der Waals surface area contributed by atoms with Crippen LogP contribution in [0.2, 0.25) is 5.02 Å². The summed E-state index contributed by atoms with van der Waals surface area (Å²) in [5.74, 6) is -0.0948. The minimum atomic E-state index is -0.408. The highest BCUT2D eigenvalue weighted by atomic mass is 35.5. The third kappa shape index (κ3) is 4.62. The fourth-order valence-electron chi connectivity index (χ4n) is 2.32. The SMILES string of the molecule is COc1ccc(NC(=O)c2cncc(C(=O)Nc3ccccc3Cl)c2)cc1. The molecule has 7 heteroatoms. The molecule has 2 amide bonds. The van der Waals surface area contributed by atoms with Gasteiger partial charge in [0.05, 0.1) is 28.9 Å². The lowest BCUT2D eigenvalue weighted by Crippen LogP contribution is -2.16. The quantitative estimate of drug-likeness (QED) is 0.692. The van der Waals surface area contributed by atoms with Crippen molar-refractivity contribution in [2.75, 3.05) is 17.7 Å². The largest absolute Gasteiger partial charge is 0.497 e. The van der Waals surface area contributed by atoms with Crippen LogP contribution in [0, 0.1) is 0 Å². The number of para-hydroxylation sites is 1. The Bertz CT molecular complexity index is 974. The summed E-state index contributed by atoms with van der Waals surface area (Å²) in [7, 11) is 1.57. The molecule has 0 unspecified atom stereocenters. The Kier molecular flexibility index (Phi) is 5.68. The number of nitrogens with one attached hydrogen (secondary N) is 2. The van der Waals surface area contributed by atoms with E-state index in [1.54, 1.807) is 55.6 Å². The van der Waals surface area contributed by atoms with Crippen LogP contribution in [0.15, 0.2) is 67.0 Å². The third-order valence-electron chi connectivity index (χ3n) is 3.73. The number of methoxy groups -OCH3 is 1. The van der Waals surface area contributed by atoms with Gasteiger partial charge >= 0.3 is 0 Å². The highest BCUT2D eigenvalue weighted by Crippen LogP contribution is 2.21. The van der Waals surface area contributed by atoms with Crippen molar-refractivity contribution in [1.82, 2.24) is 4.98 Å². The summed E-state index contributed by atoms with van der Waals surface area (Å²) in [6.07, 6.45) is 2.78. The summed E-state index contributed by atoms with van der Waals surface area (Å²) in [4.78, 5) is 28.8. The Hall–Kier alpha value is -3.38. The van der Waals surface area contributed by atoms with Crippen LogP contribution < -0.4 is 15.4 Å². The lowest BCUT2D eigenvalue weighted by atomic mass is 10.1. The number of benzene rings is 2. The second-order valence-electron chi connectivity index (χ2n) is 5.58. The van der Waals surface area contributed by atoms with Gasteiger partial charge in [-0.2, -0.15) is 0 Å². The molecule has 0 aliphatic carbocycles. The van der Waals surface area contributed by atoms with Gasteiger partial charge in [-0.25, -0.2) is 0 Å². The van der Waals surface area contributed by atoms with Crippen LogP contribution in [0.25, 0.3) is 0 Å². The molecule has 1 aromatic heterocycles. The van der Waals surface area contributed by atoms with Crippen LogP contribution >= 0.6 is 11.6 Å². The van der Waals surface area contributed by atoms with Crippen molar-refractivity contribution in [3.8, 4) is 5.75 Å². The van der Waals surface area contributed by atoms with E-state index in [0.717, 1.165) is 0 Å². The molecule has 3 rings (SSSR count). The van der Waals surface area contributed by atoms with Gasteiger partial charge < -0.3 is 15.4 Å². The van der Waals surface area contributed by atoms with Gasteiger partial charge in [0.2, 0.25) is 0 Å². The van der Waals surface area contributed by atoms with E-state index in [1.807, 2.05) is 0 Å². The van der Waals surface area contributed by atoms with Gasteiger partial charge in [-0.3, -0.25) is 14.6 Å². The summed E-state index contributed by atoms with van der Waals surface area (Å²) < 4.78 is 5.08. The first-order valence-corrected chi connectivity index (χ1v) is 8.41. The number of amides is 2. The summed E-state index contributed by atoms with van der Waals surface area (Å²) in [6.45, 7) is 0. The second-order valence-corrected chi connectivity index (χ2v) is 5.99. The molecule has 0 aliphatic heterocycles. The molecule has 27 heavy (non-hydrogen) atoms. The molecule has 0 radical (unpaired) electrons. The highest BCUT2D eigenvalue weighted by molar-refractivity contribution is 6.33. The van der Waals surface area contributed by atoms with Gasteiger partial charge in [0.25, 0.3) is 11.8 Å². The number of pyridine rings is 1. The fraction of sp³-hybridized carbons (Fsp3) is 0.0500. The molecule has 2 N–H and O–H groups in total. The number of hydrogen-bond donors (Lipinski definition) is 2. The van der Waals surface area contributed by atoms with Crippen molar-refractivity contribution >= 4 is 34.8 Å². The monoisotopic (exact) mass is 381 g/mol. The first-order chi connectivity index (χ1) is 13.1. The molecule has 0 spiro atoms. The zero-order valence-corrected chi connectivity index (χ0v) is 15.2. The molecule has 0 saturated carbocycles. The number of ether oxygens (including phenoxy) is 1. The smallest absolute Gasteiger partial charge is 0.257 e. The van der Waals surface area contributed by atoms with Crippen LogP contribution in [-0.2, 0) is 0 Å². The van der Waals surface area contributed by atoms with Gasteiger partial charge in [0, 0.05) is 18.1 Å². The zero-order valence-electron chi connectivity index (χ0n) is 14.4. The number of carbonyl (C=O) groups excluding carboxylic acids is 2. The molecule has 1 heterocycles. The number of carbonyl (C=O) groups is 2. The minimum absolute atomic E-state index is 0.248. The van der Waals surface area contributed by atoms with Crippen LogP contribution in [0.4, 0.5) is 11.4 Å². The van der Waals surface area contributed by atoms with E-state index in [4.69, 9.17) is 16.3 Å². The predicted molar refractivity (Wildman–Crippen MR) is 105 cm³/mol. The fourth-order valence-corrected chi connectivity index (χ4v) is 2.51. The minimum Gasteiger partial charge on any atom is -0.497 e. The van der Waals surface area contributed by atoms with Gasteiger partial charge in [-0.1, -0.05) is 23.7 Å². The first kappa shape index (κ1) is 18.4. The Morgan fingerprint density at radius 3 is 2.19 bits per heavy atom. The molecule has 0 bridgehead atoms. The van der Waals surface area contributed by atoms with Crippen LogP contribution in [0.1, 0.15) is 20.7 Å². The maximum Gasteiger partial charge on any atom is 0.257 e. The molecular weight excluding hydrogens is 366 g/mol. The van der Waals surface area contributed by atoms with Crippen LogP contribution in [0.5, 0.6) is 5.75 Å². The zero-order chi connectivity index (χ0) is 19.2. The van der Waals surface area contributed by atoms with Gasteiger partial charge in [0.1, 0.15) is 5.75 Å². The molecular formula is C20H16ClN3O3. The number of hydrogen-bond acceptors (Lipinski definition) is 4. The first-order valence-electron chi connectivity index (χ1n) is 8.03. The summed E-state index contributed by atoms with van der Waals surface area (Å²) >= 11 is 6.05. The van der Waals surface area contributed by atoms with Crippen molar-refractivity contribution in [2.45, 2.75) is 0 Å².